The molecule has 212 valence electrons. The fraction of sp³-hybridized carbons (Fsp3) is 0.406. The lowest BCUT2D eigenvalue weighted by atomic mass is 9.95. The van der Waals surface area contributed by atoms with Gasteiger partial charge in [0.1, 0.15) is 35.9 Å². The maximum absolute atomic E-state index is 10.4. The maximum atomic E-state index is 10.4. The van der Waals surface area contributed by atoms with E-state index in [1.54, 1.807) is 27.1 Å². The second-order valence-corrected chi connectivity index (χ2v) is 10.8. The van der Waals surface area contributed by atoms with Crippen LogP contribution in [0.3, 0.4) is 0 Å². The Hall–Kier alpha value is -3.91. The van der Waals surface area contributed by atoms with Crippen LogP contribution < -0.4 is 10.1 Å². The van der Waals surface area contributed by atoms with Gasteiger partial charge in [-0.3, -0.25) is 0 Å². The van der Waals surface area contributed by atoms with Crippen molar-refractivity contribution in [1.29, 1.82) is 0 Å². The van der Waals surface area contributed by atoms with Crippen LogP contribution in [-0.2, 0) is 9.53 Å². The molecule has 5 rings (SSSR count). The number of furan rings is 1. The zero-order chi connectivity index (χ0) is 28.5. The van der Waals surface area contributed by atoms with Crippen molar-refractivity contribution in [2.75, 3.05) is 18.5 Å². The van der Waals surface area contributed by atoms with E-state index in [1.807, 2.05) is 37.3 Å². The molecule has 1 saturated carbocycles. The van der Waals surface area contributed by atoms with Crippen LogP contribution in [0.15, 0.2) is 65.3 Å². The highest BCUT2D eigenvalue weighted by Gasteiger charge is 2.24. The average Bonchev–Trinajstić information content (AvgIpc) is 3.35. The zero-order valence-corrected chi connectivity index (χ0v) is 23.8. The summed E-state index contributed by atoms with van der Waals surface area (Å²) in [5.41, 5.74) is 3.22. The summed E-state index contributed by atoms with van der Waals surface area (Å²) in [6, 6.07) is 18.8. The molecule has 0 amide bonds. The van der Waals surface area contributed by atoms with E-state index in [4.69, 9.17) is 19.0 Å². The third-order valence-electron chi connectivity index (χ3n) is 6.47. The van der Waals surface area contributed by atoms with Crippen molar-refractivity contribution in [2.24, 2.45) is 0 Å². The molecule has 1 fully saturated rings. The number of ether oxygens (including phenoxy) is 2. The minimum absolute atomic E-state index is 0.440. The van der Waals surface area contributed by atoms with Crippen molar-refractivity contribution in [3.05, 3.63) is 60.9 Å². The molecule has 0 unspecified atom stereocenters. The lowest BCUT2D eigenvalue weighted by Gasteiger charge is -2.23. The molecule has 0 saturated heterocycles. The van der Waals surface area contributed by atoms with Crippen LogP contribution in [-0.4, -0.2) is 45.9 Å². The van der Waals surface area contributed by atoms with Gasteiger partial charge in [0.15, 0.2) is 0 Å². The molecule has 4 aromatic rings. The number of hydrogen-bond acceptors (Lipinski definition) is 8. The smallest absolute Gasteiger partial charge is 0.332 e. The number of aliphatic hydroxyl groups is 1. The first kappa shape index (κ1) is 29.1. The Morgan fingerprint density at radius 2 is 1.70 bits per heavy atom. The monoisotopic (exact) mass is 545 g/mol. The number of carbonyl (C=O) groups excluding carboxylic acids is 1. The van der Waals surface area contributed by atoms with Crippen molar-refractivity contribution < 1.29 is 23.8 Å². The first-order chi connectivity index (χ1) is 19.3. The van der Waals surface area contributed by atoms with E-state index in [9.17, 15) is 4.79 Å². The van der Waals surface area contributed by atoms with Crippen molar-refractivity contribution in [2.45, 2.75) is 71.4 Å². The van der Waals surface area contributed by atoms with Crippen LogP contribution >= 0.6 is 0 Å². The van der Waals surface area contributed by atoms with E-state index in [0.29, 0.717) is 18.4 Å². The third kappa shape index (κ3) is 7.60. The Kier molecular flexibility index (Phi) is 9.77. The van der Waals surface area contributed by atoms with E-state index >= 15 is 0 Å². The summed E-state index contributed by atoms with van der Waals surface area (Å²) < 4.78 is 16.7. The lowest BCUT2D eigenvalue weighted by molar-refractivity contribution is -0.158. The number of carbonyl (C=O) groups is 1. The number of nitrogens with one attached hydrogen (secondary N) is 1. The molecule has 0 bridgehead atoms. The first-order valence-electron chi connectivity index (χ1n) is 13.9. The molecule has 0 radical (unpaired) electrons. The second-order valence-electron chi connectivity index (χ2n) is 10.8. The van der Waals surface area contributed by atoms with Crippen LogP contribution in [0.25, 0.3) is 33.6 Å². The van der Waals surface area contributed by atoms with Gasteiger partial charge in [-0.05, 0) is 58.2 Å². The van der Waals surface area contributed by atoms with Crippen LogP contribution in [0.1, 0.15) is 59.8 Å². The van der Waals surface area contributed by atoms with Gasteiger partial charge in [-0.25, -0.2) is 14.8 Å². The minimum atomic E-state index is -0.581. The SMILES string of the molecule is CC(C)(C)OC(=O)CO.CCOc1ccc(-c2c(-c3ccccc3)oc3ncnc(NC4CCCCC4)c23)cc1. The summed E-state index contributed by atoms with van der Waals surface area (Å²) in [4.78, 5) is 19.5. The molecule has 1 aliphatic carbocycles. The number of aromatic nitrogens is 2. The van der Waals surface area contributed by atoms with Gasteiger partial charge in [-0.2, -0.15) is 0 Å². The van der Waals surface area contributed by atoms with Gasteiger partial charge in [-0.15, -0.1) is 0 Å². The van der Waals surface area contributed by atoms with Crippen molar-refractivity contribution in [3.63, 3.8) is 0 Å². The van der Waals surface area contributed by atoms with Crippen LogP contribution in [0.5, 0.6) is 5.75 Å². The van der Waals surface area contributed by atoms with Crippen LogP contribution in [0, 0.1) is 0 Å². The molecule has 2 heterocycles. The van der Waals surface area contributed by atoms with Crippen molar-refractivity contribution >= 4 is 22.9 Å². The molecule has 1 aliphatic rings. The molecule has 0 atom stereocenters. The molecule has 40 heavy (non-hydrogen) atoms. The summed E-state index contributed by atoms with van der Waals surface area (Å²) in [6.07, 6.45) is 7.78. The summed E-state index contributed by atoms with van der Waals surface area (Å²) in [7, 11) is 0. The molecule has 2 aromatic carbocycles. The third-order valence-corrected chi connectivity index (χ3v) is 6.47. The summed E-state index contributed by atoms with van der Waals surface area (Å²) in [6.45, 7) is 7.34. The number of benzene rings is 2. The number of anilines is 1. The largest absolute Gasteiger partial charge is 0.494 e. The van der Waals surface area contributed by atoms with E-state index in [-0.39, 0.29) is 0 Å². The van der Waals surface area contributed by atoms with Crippen molar-refractivity contribution in [1.82, 2.24) is 9.97 Å². The van der Waals surface area contributed by atoms with E-state index < -0.39 is 18.2 Å². The van der Waals surface area contributed by atoms with Gasteiger partial charge in [0.25, 0.3) is 0 Å². The predicted octanol–water partition coefficient (Wildman–Crippen LogP) is 7.02. The molecule has 0 aliphatic heterocycles. The highest BCUT2D eigenvalue weighted by molar-refractivity contribution is 6.05. The fourth-order valence-electron chi connectivity index (χ4n) is 4.81. The van der Waals surface area contributed by atoms with Crippen LogP contribution in [0.4, 0.5) is 5.82 Å². The molecule has 2 aromatic heterocycles. The number of hydrogen-bond donors (Lipinski definition) is 2. The predicted molar refractivity (Wildman–Crippen MR) is 157 cm³/mol. The highest BCUT2D eigenvalue weighted by Crippen LogP contribution is 2.43. The maximum Gasteiger partial charge on any atom is 0.332 e. The Morgan fingerprint density at radius 3 is 2.30 bits per heavy atom. The van der Waals surface area contributed by atoms with Gasteiger partial charge in [0.05, 0.1) is 12.0 Å². The first-order valence-corrected chi connectivity index (χ1v) is 13.9. The highest BCUT2D eigenvalue weighted by atomic mass is 16.6. The number of esters is 1. The van der Waals surface area contributed by atoms with E-state index in [1.165, 1.54) is 32.1 Å². The van der Waals surface area contributed by atoms with Crippen LogP contribution in [0.2, 0.25) is 0 Å². The minimum Gasteiger partial charge on any atom is -0.494 e. The Balaban J connectivity index is 0.000000357. The Labute approximate surface area is 235 Å². The topological polar surface area (TPSA) is 107 Å². The Bertz CT molecular complexity index is 1370. The Morgan fingerprint density at radius 1 is 1.00 bits per heavy atom. The standard InChI is InChI=1S/C26H27N3O2.C6H12O3/c1-2-30-21-15-13-18(14-16-21)22-23-25(29-20-11-7-4-8-12-20)27-17-28-26(23)31-24(22)19-9-5-3-6-10-19;1-6(2,3)9-5(8)4-7/h3,5-6,9-10,13-17,20H,2,4,7-8,11-12H2,1H3,(H,27,28,29);7H,4H2,1-3H3. The molecule has 2 N–H and O–H groups in total. The number of rotatable bonds is 7. The molecular weight excluding hydrogens is 506 g/mol. The second kappa shape index (κ2) is 13.4. The zero-order valence-electron chi connectivity index (χ0n) is 23.8. The van der Waals surface area contributed by atoms with E-state index in [2.05, 4.69) is 39.6 Å². The van der Waals surface area contributed by atoms with Gasteiger partial charge >= 0.3 is 5.97 Å². The van der Waals surface area contributed by atoms with Gasteiger partial charge in [0, 0.05) is 17.2 Å². The molecule has 8 nitrogen and oxygen atoms in total. The number of aliphatic hydroxyl groups excluding tert-OH is 1. The fourth-order valence-corrected chi connectivity index (χ4v) is 4.81. The molecule has 8 heteroatoms. The summed E-state index contributed by atoms with van der Waals surface area (Å²) in [5.74, 6) is 1.94. The normalized spacial score (nSPS) is 13.8. The lowest BCUT2D eigenvalue weighted by Crippen LogP contribution is -2.25. The van der Waals surface area contributed by atoms with Gasteiger partial charge in [-0.1, -0.05) is 61.7 Å². The molecule has 0 spiro atoms. The molecular formula is C32H39N3O5. The van der Waals surface area contributed by atoms with Crippen molar-refractivity contribution in [3.8, 4) is 28.2 Å². The van der Waals surface area contributed by atoms with Gasteiger partial charge < -0.3 is 24.3 Å². The average molecular weight is 546 g/mol. The van der Waals surface area contributed by atoms with Gasteiger partial charge in [0.2, 0.25) is 5.71 Å². The summed E-state index contributed by atoms with van der Waals surface area (Å²) in [5, 5.41) is 12.9. The van der Waals surface area contributed by atoms with E-state index in [0.717, 1.165) is 39.4 Å². The quantitative estimate of drug-likeness (QED) is 0.239. The summed E-state index contributed by atoms with van der Waals surface area (Å²) >= 11 is 0. The number of fused-ring (bicyclic) bond motifs is 1. The number of nitrogens with zero attached hydrogens (tertiary/aromatic N) is 2.